The Morgan fingerprint density at radius 2 is 2.06 bits per heavy atom. The Bertz CT molecular complexity index is 1400. The molecule has 5 rings (SSSR count). The molecule has 1 aliphatic carbocycles. The zero-order valence-electron chi connectivity index (χ0n) is 17.8. The van der Waals surface area contributed by atoms with Gasteiger partial charge in [-0.25, -0.2) is 9.67 Å². The lowest BCUT2D eigenvalue weighted by Crippen LogP contribution is -2.17. The Labute approximate surface area is 202 Å². The number of fused-ring (bicyclic) bond motifs is 3. The molecule has 0 fully saturated rings. The molecule has 0 saturated carbocycles. The van der Waals surface area contributed by atoms with Crippen LogP contribution in [-0.2, 0) is 17.6 Å². The van der Waals surface area contributed by atoms with Gasteiger partial charge >= 0.3 is 0 Å². The topological polar surface area (TPSA) is 102 Å². The van der Waals surface area contributed by atoms with Crippen LogP contribution in [0.2, 0.25) is 0 Å². The standard InChI is InChI=1S/C23H19BrN6O2S/c1-12(31)27-23-28-17-7-6-15-19(14-4-3-9-26-11-14)29-30(20(15)21(17)33-23)18-8-5-13(10-16(18)24)22(32)25-2/h3-5,8-11H,6-7H2,1-2H3,(H,25,32)(H,27,28,31). The monoisotopic (exact) mass is 522 g/mol. The maximum Gasteiger partial charge on any atom is 0.251 e. The number of anilines is 1. The quantitative estimate of drug-likeness (QED) is 0.417. The van der Waals surface area contributed by atoms with Crippen LogP contribution in [0.5, 0.6) is 0 Å². The van der Waals surface area contributed by atoms with Crippen LogP contribution in [0.1, 0.15) is 28.5 Å². The number of hydrogen-bond acceptors (Lipinski definition) is 6. The first kappa shape index (κ1) is 21.5. The molecule has 2 N–H and O–H groups in total. The predicted octanol–water partition coefficient (Wildman–Crippen LogP) is 4.24. The Balaban J connectivity index is 1.73. The molecular weight excluding hydrogens is 504 g/mol. The van der Waals surface area contributed by atoms with Crippen LogP contribution >= 0.6 is 27.3 Å². The number of amides is 2. The normalized spacial score (nSPS) is 12.1. The van der Waals surface area contributed by atoms with Gasteiger partial charge < -0.3 is 10.6 Å². The molecule has 0 unspecified atom stereocenters. The fourth-order valence-electron chi connectivity index (χ4n) is 3.95. The van der Waals surface area contributed by atoms with Crippen molar-refractivity contribution in [1.29, 1.82) is 0 Å². The number of nitrogens with one attached hydrogen (secondary N) is 2. The van der Waals surface area contributed by atoms with Crippen molar-refractivity contribution in [3.63, 3.8) is 0 Å². The van der Waals surface area contributed by atoms with E-state index in [-0.39, 0.29) is 11.8 Å². The summed E-state index contributed by atoms with van der Waals surface area (Å²) < 4.78 is 2.63. The van der Waals surface area contributed by atoms with Crippen LogP contribution in [-0.4, -0.2) is 38.6 Å². The zero-order valence-corrected chi connectivity index (χ0v) is 20.2. The number of nitrogens with zero attached hydrogens (tertiary/aromatic N) is 4. The van der Waals surface area contributed by atoms with Gasteiger partial charge in [0.1, 0.15) is 0 Å². The SMILES string of the molecule is CNC(=O)c1ccc(-n2nc(-c3cccnc3)c3c2-c2sc(NC(C)=O)nc2CC3)c(Br)c1. The van der Waals surface area contributed by atoms with Crippen molar-refractivity contribution in [2.24, 2.45) is 0 Å². The van der Waals surface area contributed by atoms with E-state index in [2.05, 4.69) is 36.5 Å². The number of benzene rings is 1. The minimum absolute atomic E-state index is 0.154. The summed E-state index contributed by atoms with van der Waals surface area (Å²) in [5, 5.41) is 11.0. The van der Waals surface area contributed by atoms with E-state index in [1.54, 1.807) is 25.4 Å². The molecule has 3 heterocycles. The number of carbonyl (C=O) groups excluding carboxylic acids is 2. The van der Waals surface area contributed by atoms with Gasteiger partial charge in [0.05, 0.1) is 27.6 Å². The molecule has 0 bridgehead atoms. The average Bonchev–Trinajstić information content (AvgIpc) is 3.39. The lowest BCUT2D eigenvalue weighted by atomic mass is 9.95. The maximum absolute atomic E-state index is 12.1. The molecule has 10 heteroatoms. The van der Waals surface area contributed by atoms with Crippen LogP contribution in [0.25, 0.3) is 27.5 Å². The molecule has 0 aliphatic heterocycles. The van der Waals surface area contributed by atoms with Crippen LogP contribution in [0, 0.1) is 0 Å². The number of hydrogen-bond donors (Lipinski definition) is 2. The van der Waals surface area contributed by atoms with Crippen molar-refractivity contribution in [2.45, 2.75) is 19.8 Å². The van der Waals surface area contributed by atoms with E-state index < -0.39 is 0 Å². The van der Waals surface area contributed by atoms with Gasteiger partial charge in [-0.05, 0) is 59.1 Å². The number of halogens is 1. The van der Waals surface area contributed by atoms with E-state index in [4.69, 9.17) is 5.10 Å². The van der Waals surface area contributed by atoms with Gasteiger partial charge in [-0.15, -0.1) is 0 Å². The first-order valence-electron chi connectivity index (χ1n) is 10.3. The summed E-state index contributed by atoms with van der Waals surface area (Å²) in [6.45, 7) is 1.47. The third-order valence-electron chi connectivity index (χ3n) is 5.39. The number of rotatable bonds is 4. The number of aromatic nitrogens is 4. The molecule has 0 radical (unpaired) electrons. The second kappa shape index (κ2) is 8.53. The zero-order chi connectivity index (χ0) is 23.1. The van der Waals surface area contributed by atoms with Crippen molar-refractivity contribution in [3.05, 3.63) is 64.0 Å². The van der Waals surface area contributed by atoms with Gasteiger partial charge in [0.15, 0.2) is 5.13 Å². The van der Waals surface area contributed by atoms with Crippen LogP contribution in [0.15, 0.2) is 47.2 Å². The largest absolute Gasteiger partial charge is 0.355 e. The van der Waals surface area contributed by atoms with Gasteiger partial charge in [0, 0.05) is 47.5 Å². The second-order valence-corrected chi connectivity index (χ2v) is 9.40. The van der Waals surface area contributed by atoms with Gasteiger partial charge in [-0.3, -0.25) is 14.6 Å². The third kappa shape index (κ3) is 3.85. The molecule has 3 aromatic heterocycles. The summed E-state index contributed by atoms with van der Waals surface area (Å²) in [6.07, 6.45) is 5.07. The fraction of sp³-hybridized carbons (Fsp3) is 0.174. The summed E-state index contributed by atoms with van der Waals surface area (Å²) in [6, 6.07) is 9.32. The van der Waals surface area contributed by atoms with Gasteiger partial charge in [-0.1, -0.05) is 11.3 Å². The number of carbonyl (C=O) groups is 2. The summed E-state index contributed by atoms with van der Waals surface area (Å²) in [7, 11) is 1.60. The summed E-state index contributed by atoms with van der Waals surface area (Å²) >= 11 is 5.07. The van der Waals surface area contributed by atoms with Gasteiger partial charge in [0.2, 0.25) is 5.91 Å². The van der Waals surface area contributed by atoms with Crippen molar-refractivity contribution >= 4 is 44.2 Å². The Morgan fingerprint density at radius 1 is 1.21 bits per heavy atom. The number of pyridine rings is 1. The first-order chi connectivity index (χ1) is 16.0. The molecule has 0 saturated heterocycles. The van der Waals surface area contributed by atoms with Crippen LogP contribution < -0.4 is 10.6 Å². The van der Waals surface area contributed by atoms with E-state index in [1.807, 2.05) is 29.1 Å². The second-order valence-electron chi connectivity index (χ2n) is 7.55. The number of aryl methyl sites for hydroxylation is 1. The summed E-state index contributed by atoms with van der Waals surface area (Å²) in [5.41, 5.74) is 6.13. The molecule has 166 valence electrons. The van der Waals surface area contributed by atoms with Gasteiger partial charge in [-0.2, -0.15) is 5.10 Å². The highest BCUT2D eigenvalue weighted by Gasteiger charge is 2.30. The number of thiazole rings is 1. The van der Waals surface area contributed by atoms with Gasteiger partial charge in [0.25, 0.3) is 5.91 Å². The van der Waals surface area contributed by atoms with Crippen LogP contribution in [0.4, 0.5) is 5.13 Å². The molecule has 2 amide bonds. The van der Waals surface area contributed by atoms with Crippen molar-refractivity contribution in [1.82, 2.24) is 25.1 Å². The molecule has 0 atom stereocenters. The molecule has 1 aromatic carbocycles. The highest BCUT2D eigenvalue weighted by molar-refractivity contribution is 9.10. The highest BCUT2D eigenvalue weighted by Crippen LogP contribution is 2.44. The lowest BCUT2D eigenvalue weighted by molar-refractivity contribution is -0.114. The molecule has 33 heavy (non-hydrogen) atoms. The van der Waals surface area contributed by atoms with Crippen molar-refractivity contribution in [2.75, 3.05) is 12.4 Å². The molecule has 4 aromatic rings. The molecule has 8 nitrogen and oxygen atoms in total. The summed E-state index contributed by atoms with van der Waals surface area (Å²) in [4.78, 5) is 33.6. The van der Waals surface area contributed by atoms with Crippen molar-refractivity contribution in [3.8, 4) is 27.5 Å². The molecule has 0 spiro atoms. The predicted molar refractivity (Wildman–Crippen MR) is 131 cm³/mol. The van der Waals surface area contributed by atoms with E-state index in [9.17, 15) is 9.59 Å². The minimum Gasteiger partial charge on any atom is -0.355 e. The lowest BCUT2D eigenvalue weighted by Gasteiger charge is -2.15. The first-order valence-corrected chi connectivity index (χ1v) is 11.9. The van der Waals surface area contributed by atoms with E-state index in [0.717, 1.165) is 56.1 Å². The fourth-order valence-corrected chi connectivity index (χ4v) is 5.61. The Hall–Kier alpha value is -3.37. The Morgan fingerprint density at radius 3 is 2.76 bits per heavy atom. The van der Waals surface area contributed by atoms with E-state index in [1.165, 1.54) is 18.3 Å². The van der Waals surface area contributed by atoms with E-state index in [0.29, 0.717) is 10.7 Å². The van der Waals surface area contributed by atoms with Crippen molar-refractivity contribution < 1.29 is 9.59 Å². The average molecular weight is 523 g/mol. The third-order valence-corrected chi connectivity index (χ3v) is 7.05. The highest BCUT2D eigenvalue weighted by atomic mass is 79.9. The molecular formula is C23H19BrN6O2S. The maximum atomic E-state index is 12.1. The minimum atomic E-state index is -0.162. The summed E-state index contributed by atoms with van der Waals surface area (Å²) in [5.74, 6) is -0.316. The Kier molecular flexibility index (Phi) is 5.55. The van der Waals surface area contributed by atoms with E-state index >= 15 is 0 Å². The smallest absolute Gasteiger partial charge is 0.251 e. The van der Waals surface area contributed by atoms with Crippen LogP contribution in [0.3, 0.4) is 0 Å². The molecule has 1 aliphatic rings.